The molecule has 4 nitrogen and oxygen atoms in total. The van der Waals surface area contributed by atoms with Crippen LogP contribution in [0.5, 0.6) is 5.75 Å². The highest BCUT2D eigenvalue weighted by molar-refractivity contribution is 9.10. The van der Waals surface area contributed by atoms with E-state index in [0.29, 0.717) is 10.8 Å². The molecule has 0 atom stereocenters. The first-order valence-electron chi connectivity index (χ1n) is 6.20. The summed E-state index contributed by atoms with van der Waals surface area (Å²) >= 11 is 12.6. The Bertz CT molecular complexity index is 690. The molecule has 2 aromatic rings. The number of ether oxygens (including phenoxy) is 1. The SMILES string of the molecule is O=C(COc1ccc(Br)cc1Cl)NN=Cc1ccc(Br)cc1. The molecule has 0 bridgehead atoms. The first kappa shape index (κ1) is 17.0. The number of nitrogens with one attached hydrogen (secondary N) is 1. The van der Waals surface area contributed by atoms with Crippen LogP contribution in [0.4, 0.5) is 0 Å². The number of hydrogen-bond donors (Lipinski definition) is 1. The van der Waals surface area contributed by atoms with Gasteiger partial charge in [0.15, 0.2) is 6.61 Å². The Kier molecular flexibility index (Phi) is 6.42. The molecule has 2 rings (SSSR count). The molecule has 0 heterocycles. The van der Waals surface area contributed by atoms with Crippen molar-refractivity contribution in [3.8, 4) is 5.75 Å². The van der Waals surface area contributed by atoms with Crippen molar-refractivity contribution in [2.75, 3.05) is 6.61 Å². The number of nitrogens with zero attached hydrogens (tertiary/aromatic N) is 1. The predicted molar refractivity (Wildman–Crippen MR) is 94.5 cm³/mol. The molecule has 0 saturated heterocycles. The summed E-state index contributed by atoms with van der Waals surface area (Å²) < 4.78 is 7.15. The fraction of sp³-hybridized carbons (Fsp3) is 0.0667. The van der Waals surface area contributed by atoms with Crippen molar-refractivity contribution >= 4 is 55.6 Å². The molecule has 0 unspecified atom stereocenters. The van der Waals surface area contributed by atoms with E-state index in [4.69, 9.17) is 16.3 Å². The Labute approximate surface area is 149 Å². The van der Waals surface area contributed by atoms with Crippen molar-refractivity contribution in [2.45, 2.75) is 0 Å². The van der Waals surface area contributed by atoms with Gasteiger partial charge in [0.2, 0.25) is 0 Å². The number of carbonyl (C=O) groups is 1. The third-order valence-electron chi connectivity index (χ3n) is 2.53. The number of benzene rings is 2. The van der Waals surface area contributed by atoms with Gasteiger partial charge >= 0.3 is 0 Å². The lowest BCUT2D eigenvalue weighted by atomic mass is 10.2. The zero-order valence-corrected chi connectivity index (χ0v) is 15.2. The van der Waals surface area contributed by atoms with E-state index in [2.05, 4.69) is 42.4 Å². The summed E-state index contributed by atoms with van der Waals surface area (Å²) in [5.41, 5.74) is 3.26. The maximum Gasteiger partial charge on any atom is 0.277 e. The van der Waals surface area contributed by atoms with E-state index >= 15 is 0 Å². The number of hydrazone groups is 1. The van der Waals surface area contributed by atoms with E-state index in [1.807, 2.05) is 24.3 Å². The summed E-state index contributed by atoms with van der Waals surface area (Å²) in [6, 6.07) is 12.7. The van der Waals surface area contributed by atoms with Crippen molar-refractivity contribution < 1.29 is 9.53 Å². The highest BCUT2D eigenvalue weighted by Crippen LogP contribution is 2.27. The van der Waals surface area contributed by atoms with Crippen LogP contribution >= 0.6 is 43.5 Å². The predicted octanol–water partition coefficient (Wildman–Crippen LogP) is 4.39. The highest BCUT2D eigenvalue weighted by atomic mass is 79.9. The van der Waals surface area contributed by atoms with E-state index < -0.39 is 0 Å². The molecule has 1 N–H and O–H groups in total. The van der Waals surface area contributed by atoms with Crippen molar-refractivity contribution in [3.05, 3.63) is 62.0 Å². The van der Waals surface area contributed by atoms with E-state index in [9.17, 15) is 4.79 Å². The highest BCUT2D eigenvalue weighted by Gasteiger charge is 2.05. The number of halogens is 3. The lowest BCUT2D eigenvalue weighted by Gasteiger charge is -2.07. The molecular weight excluding hydrogens is 435 g/mol. The van der Waals surface area contributed by atoms with Gasteiger partial charge < -0.3 is 4.74 Å². The molecule has 0 saturated carbocycles. The largest absolute Gasteiger partial charge is 0.482 e. The third kappa shape index (κ3) is 5.44. The lowest BCUT2D eigenvalue weighted by Crippen LogP contribution is -2.24. The van der Waals surface area contributed by atoms with Gasteiger partial charge in [-0.2, -0.15) is 5.10 Å². The minimum Gasteiger partial charge on any atom is -0.482 e. The minimum atomic E-state index is -0.368. The third-order valence-corrected chi connectivity index (χ3v) is 3.84. The summed E-state index contributed by atoms with van der Waals surface area (Å²) in [7, 11) is 0. The molecule has 0 aliphatic rings. The smallest absolute Gasteiger partial charge is 0.277 e. The summed E-state index contributed by atoms with van der Waals surface area (Å²) in [5, 5.41) is 4.29. The normalized spacial score (nSPS) is 10.7. The van der Waals surface area contributed by atoms with Gasteiger partial charge in [0.25, 0.3) is 5.91 Å². The molecule has 114 valence electrons. The van der Waals surface area contributed by atoms with Crippen LogP contribution in [0.15, 0.2) is 56.5 Å². The maximum absolute atomic E-state index is 11.6. The monoisotopic (exact) mass is 444 g/mol. The summed E-state index contributed by atoms with van der Waals surface area (Å²) in [5.74, 6) is 0.0734. The van der Waals surface area contributed by atoms with E-state index in [1.54, 1.807) is 24.4 Å². The van der Waals surface area contributed by atoms with Gasteiger partial charge in [0, 0.05) is 8.95 Å². The Morgan fingerprint density at radius 2 is 1.86 bits per heavy atom. The number of carbonyl (C=O) groups excluding carboxylic acids is 1. The molecule has 0 aromatic heterocycles. The summed E-state index contributed by atoms with van der Waals surface area (Å²) in [6.45, 7) is -0.168. The van der Waals surface area contributed by atoms with Crippen LogP contribution in [-0.2, 0) is 4.79 Å². The maximum atomic E-state index is 11.6. The molecule has 7 heteroatoms. The van der Waals surface area contributed by atoms with Crippen LogP contribution in [0.25, 0.3) is 0 Å². The van der Waals surface area contributed by atoms with Gasteiger partial charge in [-0.25, -0.2) is 5.43 Å². The standard InChI is InChI=1S/C15H11Br2ClN2O2/c16-11-3-1-10(2-4-11)8-19-20-15(21)9-22-14-6-5-12(17)7-13(14)18/h1-8H,9H2,(H,20,21). The molecule has 0 aliphatic carbocycles. The molecule has 0 aliphatic heterocycles. The van der Waals surface area contributed by atoms with E-state index in [0.717, 1.165) is 14.5 Å². The second kappa shape index (κ2) is 8.31. The van der Waals surface area contributed by atoms with Gasteiger partial charge in [-0.3, -0.25) is 4.79 Å². The Morgan fingerprint density at radius 1 is 1.18 bits per heavy atom. The van der Waals surface area contributed by atoms with Gasteiger partial charge in [0.1, 0.15) is 5.75 Å². The lowest BCUT2D eigenvalue weighted by molar-refractivity contribution is -0.123. The van der Waals surface area contributed by atoms with Crippen LogP contribution in [-0.4, -0.2) is 18.7 Å². The number of rotatable bonds is 5. The summed E-state index contributed by atoms with van der Waals surface area (Å²) in [6.07, 6.45) is 1.55. The zero-order valence-electron chi connectivity index (χ0n) is 11.2. The fourth-order valence-corrected chi connectivity index (χ4v) is 2.49. The van der Waals surface area contributed by atoms with E-state index in [-0.39, 0.29) is 12.5 Å². The van der Waals surface area contributed by atoms with Crippen molar-refractivity contribution in [3.63, 3.8) is 0 Å². The molecular formula is C15H11Br2ClN2O2. The van der Waals surface area contributed by atoms with Gasteiger partial charge in [-0.05, 0) is 35.9 Å². The van der Waals surface area contributed by atoms with Crippen LogP contribution in [0, 0.1) is 0 Å². The second-order valence-corrected chi connectivity index (χ2v) is 6.45. The fourth-order valence-electron chi connectivity index (χ4n) is 1.50. The first-order valence-corrected chi connectivity index (χ1v) is 8.16. The average Bonchev–Trinajstić information content (AvgIpc) is 2.48. The van der Waals surface area contributed by atoms with Crippen molar-refractivity contribution in [1.29, 1.82) is 0 Å². The number of amides is 1. The molecule has 2 aromatic carbocycles. The number of hydrogen-bond acceptors (Lipinski definition) is 3. The second-order valence-electron chi connectivity index (χ2n) is 4.21. The van der Waals surface area contributed by atoms with Crippen molar-refractivity contribution in [2.24, 2.45) is 5.10 Å². The summed E-state index contributed by atoms with van der Waals surface area (Å²) in [4.78, 5) is 11.6. The van der Waals surface area contributed by atoms with Crippen LogP contribution < -0.4 is 10.2 Å². The van der Waals surface area contributed by atoms with Crippen LogP contribution in [0.1, 0.15) is 5.56 Å². The Morgan fingerprint density at radius 3 is 2.55 bits per heavy atom. The zero-order chi connectivity index (χ0) is 15.9. The van der Waals surface area contributed by atoms with Gasteiger partial charge in [0.05, 0.1) is 11.2 Å². The Balaban J connectivity index is 1.81. The van der Waals surface area contributed by atoms with E-state index in [1.165, 1.54) is 0 Å². The van der Waals surface area contributed by atoms with Crippen molar-refractivity contribution in [1.82, 2.24) is 5.43 Å². The molecule has 0 fully saturated rings. The van der Waals surface area contributed by atoms with Gasteiger partial charge in [-0.15, -0.1) is 0 Å². The average molecular weight is 447 g/mol. The minimum absolute atomic E-state index is 0.168. The first-order chi connectivity index (χ1) is 10.5. The van der Waals surface area contributed by atoms with Gasteiger partial charge in [-0.1, -0.05) is 55.6 Å². The molecule has 0 radical (unpaired) electrons. The van der Waals surface area contributed by atoms with Crippen LogP contribution in [0.3, 0.4) is 0 Å². The molecule has 0 spiro atoms. The molecule has 22 heavy (non-hydrogen) atoms. The molecule has 1 amide bonds. The van der Waals surface area contributed by atoms with Crippen LogP contribution in [0.2, 0.25) is 5.02 Å². The quantitative estimate of drug-likeness (QED) is 0.547. The Hall–Kier alpha value is -1.37. The topological polar surface area (TPSA) is 50.7 Å².